The molecule has 19 heavy (non-hydrogen) atoms. The first-order valence-electron chi connectivity index (χ1n) is 5.94. The number of hydrogen-bond donors (Lipinski definition) is 1. The number of rotatable bonds is 3. The summed E-state index contributed by atoms with van der Waals surface area (Å²) >= 11 is 2.19. The lowest BCUT2D eigenvalue weighted by Gasteiger charge is -2.06. The van der Waals surface area contributed by atoms with E-state index in [9.17, 15) is 0 Å². The Morgan fingerprint density at radius 3 is 2.63 bits per heavy atom. The van der Waals surface area contributed by atoms with Crippen molar-refractivity contribution < 1.29 is 0 Å². The summed E-state index contributed by atoms with van der Waals surface area (Å²) in [5.74, 6) is 1.53. The minimum Gasteiger partial charge on any atom is -0.330 e. The third kappa shape index (κ3) is 2.33. The second kappa shape index (κ2) is 5.22. The highest BCUT2D eigenvalue weighted by molar-refractivity contribution is 14.1. The maximum Gasteiger partial charge on any atom is 0.235 e. The summed E-state index contributed by atoms with van der Waals surface area (Å²) in [6.07, 6.45) is 4.29. The van der Waals surface area contributed by atoms with Crippen LogP contribution in [0, 0.1) is 3.57 Å². The average Bonchev–Trinajstić information content (AvgIpc) is 2.78. The van der Waals surface area contributed by atoms with Gasteiger partial charge in [-0.2, -0.15) is 0 Å². The lowest BCUT2D eigenvalue weighted by Crippen LogP contribution is -2.11. The molecule has 0 aliphatic heterocycles. The number of fused-ring (bicyclic) bond motifs is 1. The Labute approximate surface area is 124 Å². The molecule has 1 aromatic carbocycles. The molecule has 0 unspecified atom stereocenters. The molecule has 2 N–H and O–H groups in total. The maximum atomic E-state index is 5.66. The van der Waals surface area contributed by atoms with Crippen molar-refractivity contribution in [1.29, 1.82) is 0 Å². The Balaban J connectivity index is 2.24. The van der Waals surface area contributed by atoms with E-state index in [0.29, 0.717) is 18.9 Å². The lowest BCUT2D eigenvalue weighted by atomic mass is 10.3. The van der Waals surface area contributed by atoms with Gasteiger partial charge in [-0.3, -0.25) is 4.57 Å². The molecule has 96 valence electrons. The minimum atomic E-state index is 0.549. The predicted molar refractivity (Wildman–Crippen MR) is 82.1 cm³/mol. The SMILES string of the molecule is NCCc1nc2ccccc2n1-c1ncc(I)cn1. The van der Waals surface area contributed by atoms with Crippen molar-refractivity contribution in [3.8, 4) is 5.95 Å². The van der Waals surface area contributed by atoms with Gasteiger partial charge in [-0.1, -0.05) is 12.1 Å². The number of nitrogens with two attached hydrogens (primary N) is 1. The largest absolute Gasteiger partial charge is 0.330 e. The van der Waals surface area contributed by atoms with Crippen LogP contribution in [0.5, 0.6) is 0 Å². The normalized spacial score (nSPS) is 11.1. The molecule has 3 aromatic rings. The number of imidazole rings is 1. The van der Waals surface area contributed by atoms with Gasteiger partial charge in [-0.05, 0) is 41.3 Å². The van der Waals surface area contributed by atoms with Crippen molar-refractivity contribution in [2.75, 3.05) is 6.54 Å². The Morgan fingerprint density at radius 2 is 1.89 bits per heavy atom. The van der Waals surface area contributed by atoms with Gasteiger partial charge in [-0.15, -0.1) is 0 Å². The standard InChI is InChI=1S/C13H12IN5/c14-9-7-16-13(17-8-9)19-11-4-2-1-3-10(11)18-12(19)5-6-15/h1-4,7-8H,5-6,15H2. The quantitative estimate of drug-likeness (QED) is 0.720. The van der Waals surface area contributed by atoms with Crippen LogP contribution in [0.25, 0.3) is 17.0 Å². The fraction of sp³-hybridized carbons (Fsp3) is 0.154. The summed E-state index contributed by atoms with van der Waals surface area (Å²) in [6, 6.07) is 7.96. The van der Waals surface area contributed by atoms with Gasteiger partial charge < -0.3 is 5.73 Å². The van der Waals surface area contributed by atoms with Crippen LogP contribution in [-0.2, 0) is 6.42 Å². The summed E-state index contributed by atoms with van der Waals surface area (Å²) in [7, 11) is 0. The van der Waals surface area contributed by atoms with Crippen molar-refractivity contribution in [3.63, 3.8) is 0 Å². The van der Waals surface area contributed by atoms with Crippen molar-refractivity contribution in [2.24, 2.45) is 5.73 Å². The second-order valence-electron chi connectivity index (χ2n) is 4.09. The first kappa shape index (κ1) is 12.5. The van der Waals surface area contributed by atoms with Crippen LogP contribution in [0.2, 0.25) is 0 Å². The zero-order chi connectivity index (χ0) is 13.2. The number of aromatic nitrogens is 4. The molecule has 3 rings (SSSR count). The summed E-state index contributed by atoms with van der Waals surface area (Å²) in [5, 5.41) is 0. The highest BCUT2D eigenvalue weighted by Crippen LogP contribution is 2.19. The van der Waals surface area contributed by atoms with E-state index in [1.54, 1.807) is 12.4 Å². The molecule has 5 nitrogen and oxygen atoms in total. The molecule has 0 atom stereocenters. The number of para-hydroxylation sites is 2. The Morgan fingerprint density at radius 1 is 1.16 bits per heavy atom. The summed E-state index contributed by atoms with van der Waals surface area (Å²) in [4.78, 5) is 13.4. The minimum absolute atomic E-state index is 0.549. The Kier molecular flexibility index (Phi) is 3.43. The van der Waals surface area contributed by atoms with Gasteiger partial charge >= 0.3 is 0 Å². The fourth-order valence-corrected chi connectivity index (χ4v) is 2.30. The molecule has 0 radical (unpaired) electrons. The molecule has 0 aliphatic carbocycles. The van der Waals surface area contributed by atoms with Gasteiger partial charge in [0.1, 0.15) is 5.82 Å². The van der Waals surface area contributed by atoms with Crippen LogP contribution in [0.3, 0.4) is 0 Å². The van der Waals surface area contributed by atoms with E-state index in [-0.39, 0.29) is 0 Å². The van der Waals surface area contributed by atoms with Crippen LogP contribution in [0.15, 0.2) is 36.7 Å². The van der Waals surface area contributed by atoms with Gasteiger partial charge in [0.15, 0.2) is 0 Å². The highest BCUT2D eigenvalue weighted by atomic mass is 127. The molecule has 0 fully saturated rings. The molecule has 0 saturated carbocycles. The van der Waals surface area contributed by atoms with E-state index in [4.69, 9.17) is 5.73 Å². The van der Waals surface area contributed by atoms with Gasteiger partial charge in [0, 0.05) is 22.4 Å². The number of halogens is 1. The van der Waals surface area contributed by atoms with E-state index in [1.807, 2.05) is 28.8 Å². The number of nitrogens with zero attached hydrogens (tertiary/aromatic N) is 4. The van der Waals surface area contributed by atoms with E-state index in [0.717, 1.165) is 20.4 Å². The van der Waals surface area contributed by atoms with E-state index >= 15 is 0 Å². The smallest absolute Gasteiger partial charge is 0.235 e. The summed E-state index contributed by atoms with van der Waals surface area (Å²) in [6.45, 7) is 0.549. The molecule has 0 spiro atoms. The summed E-state index contributed by atoms with van der Waals surface area (Å²) in [5.41, 5.74) is 7.60. The molecule has 2 aromatic heterocycles. The first-order valence-corrected chi connectivity index (χ1v) is 7.02. The van der Waals surface area contributed by atoms with Gasteiger partial charge in [0.05, 0.1) is 11.0 Å². The van der Waals surface area contributed by atoms with Crippen molar-refractivity contribution in [3.05, 3.63) is 46.1 Å². The molecule has 0 aliphatic rings. The highest BCUT2D eigenvalue weighted by Gasteiger charge is 2.13. The Hall–Kier alpha value is -1.54. The van der Waals surface area contributed by atoms with E-state index in [2.05, 4.69) is 37.5 Å². The zero-order valence-electron chi connectivity index (χ0n) is 10.1. The van der Waals surface area contributed by atoms with Gasteiger partial charge in [0.25, 0.3) is 0 Å². The Bertz CT molecular complexity index is 705. The monoisotopic (exact) mass is 365 g/mol. The van der Waals surface area contributed by atoms with Crippen molar-refractivity contribution >= 4 is 33.6 Å². The maximum absolute atomic E-state index is 5.66. The van der Waals surface area contributed by atoms with E-state index in [1.165, 1.54) is 0 Å². The third-order valence-corrected chi connectivity index (χ3v) is 3.36. The number of benzene rings is 1. The van der Waals surface area contributed by atoms with Crippen LogP contribution >= 0.6 is 22.6 Å². The van der Waals surface area contributed by atoms with Crippen molar-refractivity contribution in [2.45, 2.75) is 6.42 Å². The first-order chi connectivity index (χ1) is 9.29. The second-order valence-corrected chi connectivity index (χ2v) is 5.34. The van der Waals surface area contributed by atoms with Gasteiger partial charge in [0.2, 0.25) is 5.95 Å². The molecule has 6 heteroatoms. The molecular weight excluding hydrogens is 353 g/mol. The van der Waals surface area contributed by atoms with Crippen molar-refractivity contribution in [1.82, 2.24) is 19.5 Å². The molecular formula is C13H12IN5. The predicted octanol–water partition coefficient (Wildman–Crippen LogP) is 1.92. The van der Waals surface area contributed by atoms with Crippen LogP contribution in [0.1, 0.15) is 5.82 Å². The van der Waals surface area contributed by atoms with Crippen LogP contribution in [-0.4, -0.2) is 26.1 Å². The summed E-state index contributed by atoms with van der Waals surface area (Å²) < 4.78 is 2.98. The van der Waals surface area contributed by atoms with Gasteiger partial charge in [-0.25, -0.2) is 15.0 Å². The fourth-order valence-electron chi connectivity index (χ4n) is 2.02. The number of hydrogen-bond acceptors (Lipinski definition) is 4. The van der Waals surface area contributed by atoms with Crippen LogP contribution < -0.4 is 5.73 Å². The van der Waals surface area contributed by atoms with Crippen LogP contribution in [0.4, 0.5) is 0 Å². The molecule has 2 heterocycles. The molecule has 0 saturated heterocycles. The van der Waals surface area contributed by atoms with E-state index < -0.39 is 0 Å². The third-order valence-electron chi connectivity index (χ3n) is 2.80. The molecule has 0 bridgehead atoms. The molecule has 0 amide bonds. The zero-order valence-corrected chi connectivity index (χ0v) is 12.3. The average molecular weight is 365 g/mol. The lowest BCUT2D eigenvalue weighted by molar-refractivity contribution is 0.814. The topological polar surface area (TPSA) is 69.6 Å².